The number of nitrogens with one attached hydrogen (secondary N) is 2. The average molecular weight is 263 g/mol. The number of aromatic nitrogens is 2. The Balaban J connectivity index is 2.41. The van der Waals surface area contributed by atoms with E-state index >= 15 is 0 Å². The predicted octanol–water partition coefficient (Wildman–Crippen LogP) is 0.932. The van der Waals surface area contributed by atoms with Crippen LogP contribution >= 0.6 is 0 Å². The van der Waals surface area contributed by atoms with Gasteiger partial charge in [0.1, 0.15) is 23.5 Å². The van der Waals surface area contributed by atoms with Gasteiger partial charge in [-0.1, -0.05) is 0 Å². The van der Waals surface area contributed by atoms with Gasteiger partial charge in [0, 0.05) is 25.2 Å². The topological polar surface area (TPSA) is 70.2 Å². The van der Waals surface area contributed by atoms with Gasteiger partial charge in [0.25, 0.3) is 0 Å². The van der Waals surface area contributed by atoms with E-state index in [1.165, 1.54) is 0 Å². The van der Waals surface area contributed by atoms with Crippen molar-refractivity contribution in [2.75, 3.05) is 29.9 Å². The third-order valence-electron chi connectivity index (χ3n) is 3.51. The molecule has 6 heteroatoms. The number of carbonyl (C=O) groups excluding carboxylic acids is 1. The zero-order valence-corrected chi connectivity index (χ0v) is 11.9. The molecule has 1 saturated heterocycles. The minimum absolute atomic E-state index is 0.0294. The Labute approximate surface area is 113 Å². The Bertz CT molecular complexity index is 486. The fraction of sp³-hybridized carbons (Fsp3) is 0.615. The van der Waals surface area contributed by atoms with Crippen molar-refractivity contribution in [1.82, 2.24) is 15.3 Å². The first-order valence-corrected chi connectivity index (χ1v) is 6.60. The van der Waals surface area contributed by atoms with Crippen LogP contribution in [0.1, 0.15) is 26.3 Å². The standard InChI is InChI=1S/C13H21N5O/c1-5-14-10-9(2)11(17-8-16-10)18-7-6-15-12(19)13(18,3)4/h8H,5-7H2,1-4H3,(H,15,19)(H,14,16,17). The number of hydrogen-bond acceptors (Lipinski definition) is 5. The van der Waals surface area contributed by atoms with E-state index in [4.69, 9.17) is 0 Å². The predicted molar refractivity (Wildman–Crippen MR) is 75.4 cm³/mol. The van der Waals surface area contributed by atoms with Crippen molar-refractivity contribution in [2.24, 2.45) is 0 Å². The van der Waals surface area contributed by atoms with Gasteiger partial charge < -0.3 is 15.5 Å². The zero-order valence-electron chi connectivity index (χ0n) is 11.9. The molecule has 6 nitrogen and oxygen atoms in total. The van der Waals surface area contributed by atoms with Crippen LogP contribution in [0.4, 0.5) is 11.6 Å². The zero-order chi connectivity index (χ0) is 14.0. The highest BCUT2D eigenvalue weighted by Crippen LogP contribution is 2.29. The summed E-state index contributed by atoms with van der Waals surface area (Å²) < 4.78 is 0. The fourth-order valence-electron chi connectivity index (χ4n) is 2.33. The summed E-state index contributed by atoms with van der Waals surface area (Å²) in [6.45, 7) is 10.0. The molecule has 0 saturated carbocycles. The Morgan fingerprint density at radius 1 is 1.47 bits per heavy atom. The van der Waals surface area contributed by atoms with Crippen molar-refractivity contribution in [3.05, 3.63) is 11.9 Å². The van der Waals surface area contributed by atoms with Crippen LogP contribution < -0.4 is 15.5 Å². The number of rotatable bonds is 3. The number of hydrogen-bond donors (Lipinski definition) is 2. The molecule has 1 aromatic heterocycles. The maximum Gasteiger partial charge on any atom is 0.245 e. The van der Waals surface area contributed by atoms with Crippen LogP contribution in [-0.2, 0) is 4.79 Å². The van der Waals surface area contributed by atoms with Crippen LogP contribution in [-0.4, -0.2) is 41.0 Å². The molecule has 0 aliphatic carbocycles. The van der Waals surface area contributed by atoms with E-state index in [1.807, 2.05) is 32.6 Å². The van der Waals surface area contributed by atoms with E-state index in [9.17, 15) is 4.79 Å². The van der Waals surface area contributed by atoms with Crippen molar-refractivity contribution in [3.63, 3.8) is 0 Å². The highest BCUT2D eigenvalue weighted by atomic mass is 16.2. The third-order valence-corrected chi connectivity index (χ3v) is 3.51. The van der Waals surface area contributed by atoms with Crippen molar-refractivity contribution >= 4 is 17.5 Å². The molecule has 104 valence electrons. The maximum absolute atomic E-state index is 12.0. The van der Waals surface area contributed by atoms with Crippen molar-refractivity contribution < 1.29 is 4.79 Å². The summed E-state index contributed by atoms with van der Waals surface area (Å²) in [6, 6.07) is 0. The van der Waals surface area contributed by atoms with E-state index in [0.717, 1.165) is 30.3 Å². The molecule has 2 N–H and O–H groups in total. The first-order chi connectivity index (χ1) is 8.98. The van der Waals surface area contributed by atoms with Crippen LogP contribution in [0, 0.1) is 6.92 Å². The number of nitrogens with zero attached hydrogens (tertiary/aromatic N) is 3. The monoisotopic (exact) mass is 263 g/mol. The SMILES string of the molecule is CCNc1ncnc(N2CCNC(=O)C2(C)C)c1C. The van der Waals surface area contributed by atoms with E-state index < -0.39 is 5.54 Å². The van der Waals surface area contributed by atoms with Gasteiger partial charge in [-0.2, -0.15) is 0 Å². The molecule has 1 aliphatic rings. The summed E-state index contributed by atoms with van der Waals surface area (Å²) in [5.74, 6) is 1.68. The summed E-state index contributed by atoms with van der Waals surface area (Å²) in [6.07, 6.45) is 1.54. The summed E-state index contributed by atoms with van der Waals surface area (Å²) in [4.78, 5) is 22.7. The summed E-state index contributed by atoms with van der Waals surface area (Å²) in [7, 11) is 0. The van der Waals surface area contributed by atoms with E-state index in [1.54, 1.807) is 6.33 Å². The highest BCUT2D eigenvalue weighted by molar-refractivity contribution is 5.90. The summed E-state index contributed by atoms with van der Waals surface area (Å²) in [5.41, 5.74) is 0.382. The second kappa shape index (κ2) is 5.03. The average Bonchev–Trinajstić information content (AvgIpc) is 2.36. The molecule has 1 amide bonds. The molecule has 0 aromatic carbocycles. The van der Waals surface area contributed by atoms with Gasteiger partial charge in [-0.15, -0.1) is 0 Å². The molecule has 1 aromatic rings. The minimum Gasteiger partial charge on any atom is -0.370 e. The van der Waals surface area contributed by atoms with Crippen LogP contribution in [0.5, 0.6) is 0 Å². The number of piperazine rings is 1. The minimum atomic E-state index is -0.596. The lowest BCUT2D eigenvalue weighted by molar-refractivity contribution is -0.126. The normalized spacial score (nSPS) is 18.1. The quantitative estimate of drug-likeness (QED) is 0.849. The molecule has 0 atom stereocenters. The first kappa shape index (κ1) is 13.6. The number of carbonyl (C=O) groups is 1. The van der Waals surface area contributed by atoms with E-state index in [-0.39, 0.29) is 5.91 Å². The van der Waals surface area contributed by atoms with Gasteiger partial charge in [0.15, 0.2) is 0 Å². The Kier molecular flexibility index (Phi) is 3.59. The second-order valence-electron chi connectivity index (χ2n) is 5.17. The third kappa shape index (κ3) is 2.34. The van der Waals surface area contributed by atoms with Gasteiger partial charge in [-0.3, -0.25) is 4.79 Å². The number of amides is 1. The largest absolute Gasteiger partial charge is 0.370 e. The molecule has 2 rings (SSSR count). The molecule has 0 unspecified atom stereocenters. The number of anilines is 2. The van der Waals surface area contributed by atoms with Crippen molar-refractivity contribution in [3.8, 4) is 0 Å². The second-order valence-corrected chi connectivity index (χ2v) is 5.17. The Hall–Kier alpha value is -1.85. The highest BCUT2D eigenvalue weighted by Gasteiger charge is 2.39. The Morgan fingerprint density at radius 2 is 2.21 bits per heavy atom. The van der Waals surface area contributed by atoms with Gasteiger partial charge in [-0.25, -0.2) is 9.97 Å². The lowest BCUT2D eigenvalue weighted by Gasteiger charge is -2.42. The van der Waals surface area contributed by atoms with Gasteiger partial charge in [0.05, 0.1) is 0 Å². The van der Waals surface area contributed by atoms with Crippen LogP contribution in [0.25, 0.3) is 0 Å². The van der Waals surface area contributed by atoms with Crippen molar-refractivity contribution in [2.45, 2.75) is 33.2 Å². The van der Waals surface area contributed by atoms with Gasteiger partial charge in [-0.05, 0) is 27.7 Å². The lowest BCUT2D eigenvalue weighted by atomic mass is 9.98. The maximum atomic E-state index is 12.0. The van der Waals surface area contributed by atoms with Crippen molar-refractivity contribution in [1.29, 1.82) is 0 Å². The molecule has 2 heterocycles. The molecule has 1 fully saturated rings. The molecule has 0 radical (unpaired) electrons. The first-order valence-electron chi connectivity index (χ1n) is 6.60. The fourth-order valence-corrected chi connectivity index (χ4v) is 2.33. The van der Waals surface area contributed by atoms with E-state index in [0.29, 0.717) is 6.54 Å². The van der Waals surface area contributed by atoms with Crippen LogP contribution in [0.2, 0.25) is 0 Å². The lowest BCUT2D eigenvalue weighted by Crippen LogP contribution is -2.62. The smallest absolute Gasteiger partial charge is 0.245 e. The summed E-state index contributed by atoms with van der Waals surface area (Å²) >= 11 is 0. The van der Waals surface area contributed by atoms with Crippen LogP contribution in [0.15, 0.2) is 6.33 Å². The molecular weight excluding hydrogens is 242 g/mol. The van der Waals surface area contributed by atoms with Crippen LogP contribution in [0.3, 0.4) is 0 Å². The molecular formula is C13H21N5O. The van der Waals surface area contributed by atoms with Gasteiger partial charge >= 0.3 is 0 Å². The van der Waals surface area contributed by atoms with E-state index in [2.05, 4.69) is 20.6 Å². The van der Waals surface area contributed by atoms with Gasteiger partial charge in [0.2, 0.25) is 5.91 Å². The molecule has 1 aliphatic heterocycles. The molecule has 0 bridgehead atoms. The summed E-state index contributed by atoms with van der Waals surface area (Å²) in [5, 5.41) is 6.11. The molecule has 0 spiro atoms. The Morgan fingerprint density at radius 3 is 2.89 bits per heavy atom. The molecule has 19 heavy (non-hydrogen) atoms.